The molecule has 0 aliphatic carbocycles. The highest BCUT2D eigenvalue weighted by atomic mass is 35.5. The molecule has 0 radical (unpaired) electrons. The van der Waals surface area contributed by atoms with Crippen LogP contribution >= 0.6 is 11.6 Å². The lowest BCUT2D eigenvalue weighted by Gasteiger charge is -2.20. The summed E-state index contributed by atoms with van der Waals surface area (Å²) < 4.78 is 28.0. The molecular weight excluding hydrogens is 524 g/mol. The van der Waals surface area contributed by atoms with Gasteiger partial charge in [0.2, 0.25) is 10.0 Å². The molecule has 2 amide bonds. The van der Waals surface area contributed by atoms with Crippen molar-refractivity contribution in [2.45, 2.75) is 10.9 Å². The van der Waals surface area contributed by atoms with E-state index in [9.17, 15) is 18.0 Å². The summed E-state index contributed by atoms with van der Waals surface area (Å²) in [5, 5.41) is 3.22. The van der Waals surface area contributed by atoms with Crippen LogP contribution in [0.25, 0.3) is 0 Å². The molecule has 0 bridgehead atoms. The Morgan fingerprint density at radius 3 is 1.92 bits per heavy atom. The molecule has 4 aromatic carbocycles. The highest BCUT2D eigenvalue weighted by molar-refractivity contribution is 7.89. The second-order valence-corrected chi connectivity index (χ2v) is 10.5. The van der Waals surface area contributed by atoms with Gasteiger partial charge in [0.1, 0.15) is 0 Å². The van der Waals surface area contributed by atoms with Crippen LogP contribution in [0.5, 0.6) is 0 Å². The number of benzene rings is 4. The van der Waals surface area contributed by atoms with E-state index in [-0.39, 0.29) is 17.3 Å². The van der Waals surface area contributed by atoms with Crippen LogP contribution in [-0.2, 0) is 10.0 Å². The summed E-state index contributed by atoms with van der Waals surface area (Å²) >= 11 is 5.86. The van der Waals surface area contributed by atoms with Gasteiger partial charge in [0.05, 0.1) is 10.9 Å². The Balaban J connectivity index is 1.38. The van der Waals surface area contributed by atoms with Gasteiger partial charge in [-0.15, -0.1) is 0 Å². The monoisotopic (exact) mass is 548 g/mol. The summed E-state index contributed by atoms with van der Waals surface area (Å²) in [7, 11) is -3.80. The number of rotatable bonds is 10. The first-order valence-corrected chi connectivity index (χ1v) is 13.5. The van der Waals surface area contributed by atoms with E-state index in [4.69, 9.17) is 11.6 Å². The number of carbonyl (C=O) groups excluding carboxylic acids is 2. The molecule has 0 aliphatic rings. The van der Waals surface area contributed by atoms with E-state index in [2.05, 4.69) is 20.9 Å². The maximum atomic E-state index is 12.8. The van der Waals surface area contributed by atoms with Crippen LogP contribution in [0, 0.1) is 0 Å². The highest BCUT2D eigenvalue weighted by Crippen LogP contribution is 2.16. The van der Waals surface area contributed by atoms with Crippen LogP contribution in [0.3, 0.4) is 0 Å². The third-order valence-electron chi connectivity index (χ3n) is 5.60. The minimum absolute atomic E-state index is 0.0281. The van der Waals surface area contributed by atoms with Gasteiger partial charge in [-0.1, -0.05) is 60.1 Å². The molecule has 38 heavy (non-hydrogen) atoms. The molecule has 0 saturated carbocycles. The lowest BCUT2D eigenvalue weighted by Crippen LogP contribution is -2.44. The number of carbonyl (C=O) groups is 2. The molecule has 0 spiro atoms. The van der Waals surface area contributed by atoms with E-state index in [0.717, 1.165) is 5.56 Å². The molecule has 0 fully saturated rings. The number of anilines is 1. The summed E-state index contributed by atoms with van der Waals surface area (Å²) in [6.45, 7) is -0.0281. The first kappa shape index (κ1) is 27.0. The standard InChI is InChI=1S/C28H25ClN4O4S/c29-23-13-17-25(18-14-23)38(36,37)30-19-26(20-7-3-1-4-8-20)32-33-28(35)22-11-15-24(16-12-22)31-27(34)21-9-5-2-6-10-21/h1-18,26,30,32H,19H2,(H,31,34)(H,33,35). The van der Waals surface area contributed by atoms with Gasteiger partial charge in [-0.3, -0.25) is 15.0 Å². The van der Waals surface area contributed by atoms with Crippen LogP contribution in [0.4, 0.5) is 5.69 Å². The average molecular weight is 549 g/mol. The predicted molar refractivity (Wildman–Crippen MR) is 147 cm³/mol. The molecule has 1 unspecified atom stereocenters. The van der Waals surface area contributed by atoms with E-state index in [1.54, 1.807) is 48.5 Å². The largest absolute Gasteiger partial charge is 0.322 e. The smallest absolute Gasteiger partial charge is 0.265 e. The zero-order valence-corrected chi connectivity index (χ0v) is 21.7. The maximum Gasteiger partial charge on any atom is 0.265 e. The second-order valence-electron chi connectivity index (χ2n) is 8.27. The van der Waals surface area contributed by atoms with Gasteiger partial charge < -0.3 is 5.32 Å². The molecule has 0 aliphatic heterocycles. The third kappa shape index (κ3) is 7.27. The normalized spacial score (nSPS) is 11.9. The van der Waals surface area contributed by atoms with Crippen molar-refractivity contribution in [3.8, 4) is 0 Å². The molecule has 0 aromatic heterocycles. The van der Waals surface area contributed by atoms with Crippen molar-refractivity contribution in [3.63, 3.8) is 0 Å². The lowest BCUT2D eigenvalue weighted by atomic mass is 10.1. The number of amides is 2. The molecule has 194 valence electrons. The summed E-state index contributed by atoms with van der Waals surface area (Å²) in [5.74, 6) is -0.677. The van der Waals surface area contributed by atoms with Crippen LogP contribution in [-0.4, -0.2) is 26.8 Å². The fourth-order valence-electron chi connectivity index (χ4n) is 3.55. The van der Waals surface area contributed by atoms with E-state index < -0.39 is 22.0 Å². The van der Waals surface area contributed by atoms with Crippen molar-refractivity contribution >= 4 is 39.1 Å². The summed E-state index contributed by atoms with van der Waals surface area (Å²) in [5.41, 5.74) is 7.75. The van der Waals surface area contributed by atoms with E-state index in [0.29, 0.717) is 21.8 Å². The van der Waals surface area contributed by atoms with Gasteiger partial charge in [0.15, 0.2) is 0 Å². The van der Waals surface area contributed by atoms with Gasteiger partial charge in [0.25, 0.3) is 11.8 Å². The molecule has 4 aromatic rings. The van der Waals surface area contributed by atoms with E-state index in [1.807, 2.05) is 36.4 Å². The Morgan fingerprint density at radius 1 is 0.711 bits per heavy atom. The number of sulfonamides is 1. The van der Waals surface area contributed by atoms with Gasteiger partial charge in [-0.05, 0) is 66.2 Å². The number of hydrogen-bond acceptors (Lipinski definition) is 5. The fourth-order valence-corrected chi connectivity index (χ4v) is 4.72. The molecule has 4 rings (SSSR count). The molecule has 4 N–H and O–H groups in total. The summed E-state index contributed by atoms with van der Waals surface area (Å²) in [6, 6.07) is 29.6. The summed E-state index contributed by atoms with van der Waals surface area (Å²) in [4.78, 5) is 25.2. The summed E-state index contributed by atoms with van der Waals surface area (Å²) in [6.07, 6.45) is 0. The minimum atomic E-state index is -3.80. The zero-order valence-electron chi connectivity index (χ0n) is 20.1. The third-order valence-corrected chi connectivity index (χ3v) is 7.30. The van der Waals surface area contributed by atoms with Crippen LogP contribution in [0.1, 0.15) is 32.3 Å². The maximum absolute atomic E-state index is 12.8. The van der Waals surface area contributed by atoms with Crippen molar-refractivity contribution in [1.82, 2.24) is 15.6 Å². The number of nitrogens with one attached hydrogen (secondary N) is 4. The SMILES string of the molecule is O=C(NNC(CNS(=O)(=O)c1ccc(Cl)cc1)c1ccccc1)c1ccc(NC(=O)c2ccccc2)cc1. The number of halogens is 1. The lowest BCUT2D eigenvalue weighted by molar-refractivity contribution is 0.0925. The van der Waals surface area contributed by atoms with Gasteiger partial charge in [0, 0.05) is 28.4 Å². The first-order valence-electron chi connectivity index (χ1n) is 11.6. The molecule has 1 atom stereocenters. The van der Waals surface area contributed by atoms with Crippen LogP contribution in [0.2, 0.25) is 5.02 Å². The topological polar surface area (TPSA) is 116 Å². The van der Waals surface area contributed by atoms with Gasteiger partial charge in [-0.2, -0.15) is 0 Å². The van der Waals surface area contributed by atoms with Gasteiger partial charge in [-0.25, -0.2) is 18.6 Å². The first-order chi connectivity index (χ1) is 18.3. The Labute approximate surface area is 226 Å². The molecule has 0 saturated heterocycles. The van der Waals surface area contributed by atoms with Crippen LogP contribution in [0.15, 0.2) is 114 Å². The van der Waals surface area contributed by atoms with Crippen molar-refractivity contribution in [2.75, 3.05) is 11.9 Å². The Kier molecular flexibility index (Phi) is 8.88. The molecule has 0 heterocycles. The average Bonchev–Trinajstić information content (AvgIpc) is 2.94. The Hall–Kier alpha value is -4.02. The van der Waals surface area contributed by atoms with Gasteiger partial charge >= 0.3 is 0 Å². The van der Waals surface area contributed by atoms with Crippen molar-refractivity contribution in [2.24, 2.45) is 0 Å². The van der Waals surface area contributed by atoms with Crippen molar-refractivity contribution < 1.29 is 18.0 Å². The van der Waals surface area contributed by atoms with Crippen molar-refractivity contribution in [3.05, 3.63) is 131 Å². The quantitative estimate of drug-likeness (QED) is 0.217. The van der Waals surface area contributed by atoms with Crippen molar-refractivity contribution in [1.29, 1.82) is 0 Å². The Morgan fingerprint density at radius 2 is 1.29 bits per heavy atom. The van der Waals surface area contributed by atoms with E-state index in [1.165, 1.54) is 24.3 Å². The number of hydrazine groups is 1. The highest BCUT2D eigenvalue weighted by Gasteiger charge is 2.19. The van der Waals surface area contributed by atoms with E-state index >= 15 is 0 Å². The minimum Gasteiger partial charge on any atom is -0.322 e. The molecule has 8 nitrogen and oxygen atoms in total. The molecular formula is C28H25ClN4O4S. The predicted octanol–water partition coefficient (Wildman–Crippen LogP) is 4.55. The van der Waals surface area contributed by atoms with Crippen LogP contribution < -0.4 is 20.9 Å². The second kappa shape index (κ2) is 12.5. The number of hydrogen-bond donors (Lipinski definition) is 4. The zero-order chi connectivity index (χ0) is 27.0. The molecule has 10 heteroatoms. The Bertz CT molecular complexity index is 1480. The fraction of sp³-hybridized carbons (Fsp3) is 0.0714.